The van der Waals surface area contributed by atoms with Crippen molar-refractivity contribution in [2.75, 3.05) is 7.11 Å². The minimum absolute atomic E-state index is 0.257. The molecule has 0 aliphatic carbocycles. The molecule has 0 saturated carbocycles. The third kappa shape index (κ3) is 2.45. The molecular formula is C14H14FNO. The van der Waals surface area contributed by atoms with Gasteiger partial charge in [0.2, 0.25) is 0 Å². The van der Waals surface area contributed by atoms with E-state index in [1.807, 2.05) is 30.3 Å². The Morgan fingerprint density at radius 1 is 1.06 bits per heavy atom. The van der Waals surface area contributed by atoms with E-state index < -0.39 is 0 Å². The highest BCUT2D eigenvalue weighted by molar-refractivity contribution is 5.64. The van der Waals surface area contributed by atoms with Gasteiger partial charge >= 0.3 is 0 Å². The SMILES string of the molecule is COc1ccc(-c2ccc(CN)cc2)cc1F. The summed E-state index contributed by atoms with van der Waals surface area (Å²) in [5.74, 6) is -0.0970. The second kappa shape index (κ2) is 4.97. The molecule has 88 valence electrons. The van der Waals surface area contributed by atoms with Gasteiger partial charge in [0.1, 0.15) is 0 Å². The average molecular weight is 231 g/mol. The Morgan fingerprint density at radius 3 is 2.24 bits per heavy atom. The topological polar surface area (TPSA) is 35.2 Å². The fraction of sp³-hybridized carbons (Fsp3) is 0.143. The Hall–Kier alpha value is -1.87. The summed E-state index contributed by atoms with van der Waals surface area (Å²) in [6, 6.07) is 12.7. The molecule has 0 bridgehead atoms. The van der Waals surface area contributed by atoms with Gasteiger partial charge in [-0.1, -0.05) is 30.3 Å². The zero-order valence-corrected chi connectivity index (χ0v) is 9.61. The number of halogens is 1. The molecule has 3 heteroatoms. The minimum Gasteiger partial charge on any atom is -0.494 e. The molecule has 0 atom stereocenters. The van der Waals surface area contributed by atoms with E-state index in [2.05, 4.69) is 0 Å². The van der Waals surface area contributed by atoms with E-state index in [1.54, 1.807) is 6.07 Å². The van der Waals surface area contributed by atoms with Crippen molar-refractivity contribution in [3.63, 3.8) is 0 Å². The summed E-state index contributed by atoms with van der Waals surface area (Å²) in [5, 5.41) is 0. The largest absolute Gasteiger partial charge is 0.494 e. The molecule has 0 aliphatic rings. The van der Waals surface area contributed by atoms with Crippen molar-refractivity contribution < 1.29 is 9.13 Å². The molecule has 17 heavy (non-hydrogen) atoms. The van der Waals surface area contributed by atoms with E-state index >= 15 is 0 Å². The van der Waals surface area contributed by atoms with Crippen LogP contribution in [0.15, 0.2) is 42.5 Å². The summed E-state index contributed by atoms with van der Waals surface area (Å²) < 4.78 is 18.4. The summed E-state index contributed by atoms with van der Waals surface area (Å²) in [7, 11) is 1.45. The third-order valence-electron chi connectivity index (χ3n) is 2.67. The van der Waals surface area contributed by atoms with Crippen molar-refractivity contribution in [3.8, 4) is 16.9 Å². The molecule has 2 aromatic rings. The summed E-state index contributed by atoms with van der Waals surface area (Å²) in [4.78, 5) is 0. The van der Waals surface area contributed by atoms with Gasteiger partial charge in [-0.2, -0.15) is 0 Å². The van der Waals surface area contributed by atoms with Crippen LogP contribution in [0.3, 0.4) is 0 Å². The molecule has 0 unspecified atom stereocenters. The second-order valence-corrected chi connectivity index (χ2v) is 3.75. The summed E-state index contributed by atoms with van der Waals surface area (Å²) in [5.41, 5.74) is 8.37. The third-order valence-corrected chi connectivity index (χ3v) is 2.67. The van der Waals surface area contributed by atoms with Crippen molar-refractivity contribution in [1.29, 1.82) is 0 Å². The standard InChI is InChI=1S/C14H14FNO/c1-17-14-7-6-12(8-13(14)15)11-4-2-10(9-16)3-5-11/h2-8H,9,16H2,1H3. The molecule has 0 spiro atoms. The van der Waals surface area contributed by atoms with E-state index in [1.165, 1.54) is 13.2 Å². The van der Waals surface area contributed by atoms with Crippen LogP contribution in [0, 0.1) is 5.82 Å². The van der Waals surface area contributed by atoms with Crippen LogP contribution >= 0.6 is 0 Å². The van der Waals surface area contributed by atoms with Crippen molar-refractivity contribution in [2.24, 2.45) is 5.73 Å². The highest BCUT2D eigenvalue weighted by Crippen LogP contribution is 2.25. The van der Waals surface area contributed by atoms with Gasteiger partial charge in [-0.05, 0) is 28.8 Å². The number of methoxy groups -OCH3 is 1. The lowest BCUT2D eigenvalue weighted by Gasteiger charge is -2.06. The average Bonchev–Trinajstić information content (AvgIpc) is 2.39. The predicted octanol–water partition coefficient (Wildman–Crippen LogP) is 2.96. The Balaban J connectivity index is 2.35. The van der Waals surface area contributed by atoms with Crippen LogP contribution in [-0.4, -0.2) is 7.11 Å². The first-order valence-corrected chi connectivity index (χ1v) is 5.37. The van der Waals surface area contributed by atoms with Crippen molar-refractivity contribution in [2.45, 2.75) is 6.54 Å². The molecule has 2 N–H and O–H groups in total. The Labute approximate surface area is 99.8 Å². The smallest absolute Gasteiger partial charge is 0.165 e. The summed E-state index contributed by atoms with van der Waals surface area (Å²) >= 11 is 0. The molecule has 0 saturated heterocycles. The Bertz CT molecular complexity index is 508. The van der Waals surface area contributed by atoms with Crippen molar-refractivity contribution in [1.82, 2.24) is 0 Å². The molecule has 0 aromatic heterocycles. The van der Waals surface area contributed by atoms with Crippen LogP contribution in [0.5, 0.6) is 5.75 Å². The fourth-order valence-electron chi connectivity index (χ4n) is 1.68. The molecule has 0 fully saturated rings. The van der Waals surface area contributed by atoms with Gasteiger partial charge < -0.3 is 10.5 Å². The summed E-state index contributed by atoms with van der Waals surface area (Å²) in [6.45, 7) is 0.511. The maximum absolute atomic E-state index is 13.5. The fourth-order valence-corrected chi connectivity index (χ4v) is 1.68. The monoisotopic (exact) mass is 231 g/mol. The lowest BCUT2D eigenvalue weighted by molar-refractivity contribution is 0.386. The van der Waals surface area contributed by atoms with E-state index in [0.29, 0.717) is 6.54 Å². The first-order chi connectivity index (χ1) is 8.24. The van der Waals surface area contributed by atoms with Crippen LogP contribution in [0.25, 0.3) is 11.1 Å². The highest BCUT2D eigenvalue weighted by atomic mass is 19.1. The number of rotatable bonds is 3. The zero-order chi connectivity index (χ0) is 12.3. The van der Waals surface area contributed by atoms with Crippen LogP contribution in [0.4, 0.5) is 4.39 Å². The second-order valence-electron chi connectivity index (χ2n) is 3.75. The maximum atomic E-state index is 13.5. The van der Waals surface area contributed by atoms with E-state index in [-0.39, 0.29) is 11.6 Å². The van der Waals surface area contributed by atoms with Gasteiger partial charge in [-0.15, -0.1) is 0 Å². The molecular weight excluding hydrogens is 217 g/mol. The zero-order valence-electron chi connectivity index (χ0n) is 9.61. The number of ether oxygens (including phenoxy) is 1. The molecule has 0 amide bonds. The lowest BCUT2D eigenvalue weighted by Crippen LogP contribution is -1.95. The normalized spacial score (nSPS) is 10.3. The van der Waals surface area contributed by atoms with Crippen LogP contribution in [-0.2, 0) is 6.54 Å². The molecule has 0 radical (unpaired) electrons. The van der Waals surface area contributed by atoms with Crippen molar-refractivity contribution >= 4 is 0 Å². The molecule has 2 aromatic carbocycles. The van der Waals surface area contributed by atoms with Gasteiger partial charge in [0.25, 0.3) is 0 Å². The van der Waals surface area contributed by atoms with Crippen molar-refractivity contribution in [3.05, 3.63) is 53.8 Å². The van der Waals surface area contributed by atoms with E-state index in [4.69, 9.17) is 10.5 Å². The molecule has 0 heterocycles. The lowest BCUT2D eigenvalue weighted by atomic mass is 10.0. The minimum atomic E-state index is -0.354. The van der Waals surface area contributed by atoms with E-state index in [9.17, 15) is 4.39 Å². The van der Waals surface area contributed by atoms with E-state index in [0.717, 1.165) is 16.7 Å². The summed E-state index contributed by atoms with van der Waals surface area (Å²) in [6.07, 6.45) is 0. The number of hydrogen-bond donors (Lipinski definition) is 1. The first kappa shape index (κ1) is 11.6. The Morgan fingerprint density at radius 2 is 1.71 bits per heavy atom. The highest BCUT2D eigenvalue weighted by Gasteiger charge is 2.04. The van der Waals surface area contributed by atoms with Gasteiger partial charge in [0, 0.05) is 6.54 Å². The van der Waals surface area contributed by atoms with Crippen LogP contribution < -0.4 is 10.5 Å². The van der Waals surface area contributed by atoms with Gasteiger partial charge in [-0.3, -0.25) is 0 Å². The van der Waals surface area contributed by atoms with Crippen LogP contribution in [0.1, 0.15) is 5.56 Å². The van der Waals surface area contributed by atoms with Gasteiger partial charge in [-0.25, -0.2) is 4.39 Å². The number of nitrogens with two attached hydrogens (primary N) is 1. The van der Waals surface area contributed by atoms with Gasteiger partial charge in [0.15, 0.2) is 11.6 Å². The quantitative estimate of drug-likeness (QED) is 0.881. The molecule has 2 rings (SSSR count). The molecule has 2 nitrogen and oxygen atoms in total. The first-order valence-electron chi connectivity index (χ1n) is 5.37. The number of hydrogen-bond acceptors (Lipinski definition) is 2. The molecule has 0 aliphatic heterocycles. The maximum Gasteiger partial charge on any atom is 0.165 e. The predicted molar refractivity (Wildman–Crippen MR) is 66.3 cm³/mol. The van der Waals surface area contributed by atoms with Gasteiger partial charge in [0.05, 0.1) is 7.11 Å². The Kier molecular flexibility index (Phi) is 3.40. The van der Waals surface area contributed by atoms with Crippen LogP contribution in [0.2, 0.25) is 0 Å². The number of benzene rings is 2.